The van der Waals surface area contributed by atoms with Crippen LogP contribution in [0.25, 0.3) is 11.1 Å². The van der Waals surface area contributed by atoms with E-state index in [0.717, 1.165) is 24.0 Å². The largest absolute Gasteiger partial charge is 0.426 e. The highest BCUT2D eigenvalue weighted by atomic mass is 16.5. The highest BCUT2D eigenvalue weighted by Crippen LogP contribution is 2.29. The second-order valence-corrected chi connectivity index (χ2v) is 6.91. The molecule has 0 aliphatic heterocycles. The Morgan fingerprint density at radius 1 is 0.731 bits per heavy atom. The molecule has 0 amide bonds. The number of rotatable bonds is 12. The van der Waals surface area contributed by atoms with Crippen LogP contribution in [0.3, 0.4) is 0 Å². The lowest BCUT2D eigenvalue weighted by Crippen LogP contribution is -2.08. The SMILES string of the molecule is CCCCCCCCCCCC(=O)Oc1ccccc1-c1ccccc1. The van der Waals surface area contributed by atoms with Gasteiger partial charge in [0, 0.05) is 12.0 Å². The Bertz CT molecular complexity index is 634. The van der Waals surface area contributed by atoms with Gasteiger partial charge in [-0.25, -0.2) is 0 Å². The second-order valence-electron chi connectivity index (χ2n) is 6.91. The summed E-state index contributed by atoms with van der Waals surface area (Å²) in [6.07, 6.45) is 11.7. The molecule has 2 nitrogen and oxygen atoms in total. The molecule has 0 spiro atoms. The number of unbranched alkanes of at least 4 members (excludes halogenated alkanes) is 8. The molecule has 0 aliphatic carbocycles. The van der Waals surface area contributed by atoms with E-state index in [1.807, 2.05) is 54.6 Å². The fourth-order valence-electron chi connectivity index (χ4n) is 3.17. The number of carbonyl (C=O) groups is 1. The predicted molar refractivity (Wildman–Crippen MR) is 109 cm³/mol. The van der Waals surface area contributed by atoms with Gasteiger partial charge in [0.25, 0.3) is 0 Å². The number of carbonyl (C=O) groups excluding carboxylic acids is 1. The van der Waals surface area contributed by atoms with Crippen LogP contribution in [0.15, 0.2) is 54.6 Å². The molecule has 140 valence electrons. The van der Waals surface area contributed by atoms with Gasteiger partial charge < -0.3 is 4.74 Å². The van der Waals surface area contributed by atoms with Gasteiger partial charge in [-0.3, -0.25) is 4.79 Å². The first-order chi connectivity index (χ1) is 12.8. The predicted octanol–water partition coefficient (Wildman–Crippen LogP) is 7.18. The third kappa shape index (κ3) is 7.43. The Kier molecular flexibility index (Phi) is 9.56. The lowest BCUT2D eigenvalue weighted by molar-refractivity contribution is -0.134. The van der Waals surface area contributed by atoms with Crippen molar-refractivity contribution in [2.45, 2.75) is 71.1 Å². The zero-order chi connectivity index (χ0) is 18.5. The van der Waals surface area contributed by atoms with Crippen LogP contribution in [0, 0.1) is 0 Å². The highest BCUT2D eigenvalue weighted by molar-refractivity contribution is 5.77. The van der Waals surface area contributed by atoms with E-state index in [4.69, 9.17) is 4.74 Å². The summed E-state index contributed by atoms with van der Waals surface area (Å²) in [7, 11) is 0. The molecule has 26 heavy (non-hydrogen) atoms. The maximum Gasteiger partial charge on any atom is 0.311 e. The molecule has 0 saturated heterocycles. The van der Waals surface area contributed by atoms with Crippen molar-refractivity contribution in [1.29, 1.82) is 0 Å². The van der Waals surface area contributed by atoms with Crippen molar-refractivity contribution in [2.24, 2.45) is 0 Å². The summed E-state index contributed by atoms with van der Waals surface area (Å²) in [6, 6.07) is 17.8. The Labute approximate surface area is 158 Å². The van der Waals surface area contributed by atoms with Crippen molar-refractivity contribution in [1.82, 2.24) is 0 Å². The van der Waals surface area contributed by atoms with Crippen LogP contribution < -0.4 is 4.74 Å². The molecule has 2 aromatic rings. The Balaban J connectivity index is 1.69. The van der Waals surface area contributed by atoms with Gasteiger partial charge in [0.05, 0.1) is 0 Å². The van der Waals surface area contributed by atoms with Crippen molar-refractivity contribution < 1.29 is 9.53 Å². The van der Waals surface area contributed by atoms with Crippen LogP contribution in [-0.2, 0) is 4.79 Å². The first kappa shape index (κ1) is 20.2. The summed E-state index contributed by atoms with van der Waals surface area (Å²) in [5, 5.41) is 0. The van der Waals surface area contributed by atoms with Crippen LogP contribution in [-0.4, -0.2) is 5.97 Å². The van der Waals surface area contributed by atoms with Crippen molar-refractivity contribution in [3.05, 3.63) is 54.6 Å². The molecule has 0 N–H and O–H groups in total. The first-order valence-corrected chi connectivity index (χ1v) is 10.2. The topological polar surface area (TPSA) is 26.3 Å². The van der Waals surface area contributed by atoms with Crippen molar-refractivity contribution in [2.75, 3.05) is 0 Å². The molecule has 0 bridgehead atoms. The van der Waals surface area contributed by atoms with Gasteiger partial charge in [-0.15, -0.1) is 0 Å². The summed E-state index contributed by atoms with van der Waals surface area (Å²) in [4.78, 5) is 12.2. The standard InChI is InChI=1S/C24H32O2/c1-2-3-4-5-6-7-8-9-13-20-24(25)26-23-19-15-14-18-22(23)21-16-11-10-12-17-21/h10-12,14-19H,2-9,13,20H2,1H3. The van der Waals surface area contributed by atoms with E-state index in [1.165, 1.54) is 44.9 Å². The summed E-state index contributed by atoms with van der Waals surface area (Å²) in [6.45, 7) is 2.25. The van der Waals surface area contributed by atoms with Gasteiger partial charge in [0.1, 0.15) is 5.75 Å². The molecule has 0 unspecified atom stereocenters. The third-order valence-electron chi connectivity index (χ3n) is 4.68. The average molecular weight is 353 g/mol. The van der Waals surface area contributed by atoms with Crippen LogP contribution in [0.1, 0.15) is 71.1 Å². The highest BCUT2D eigenvalue weighted by Gasteiger charge is 2.10. The molecular formula is C24H32O2. The minimum atomic E-state index is -0.128. The van der Waals surface area contributed by atoms with Crippen molar-refractivity contribution in [3.63, 3.8) is 0 Å². The summed E-state index contributed by atoms with van der Waals surface area (Å²) >= 11 is 0. The van der Waals surface area contributed by atoms with Crippen LogP contribution in [0.2, 0.25) is 0 Å². The maximum atomic E-state index is 12.2. The molecular weight excluding hydrogens is 320 g/mol. The minimum Gasteiger partial charge on any atom is -0.426 e. The van der Waals surface area contributed by atoms with E-state index in [0.29, 0.717) is 12.2 Å². The number of hydrogen-bond donors (Lipinski definition) is 0. The minimum absolute atomic E-state index is 0.128. The van der Waals surface area contributed by atoms with Crippen molar-refractivity contribution in [3.8, 4) is 16.9 Å². The molecule has 0 saturated carbocycles. The monoisotopic (exact) mass is 352 g/mol. The quantitative estimate of drug-likeness (QED) is 0.230. The van der Waals surface area contributed by atoms with Gasteiger partial charge in [-0.05, 0) is 18.1 Å². The average Bonchev–Trinajstić information content (AvgIpc) is 2.68. The molecule has 0 aromatic heterocycles. The maximum absolute atomic E-state index is 12.2. The van der Waals surface area contributed by atoms with Crippen LogP contribution in [0.5, 0.6) is 5.75 Å². The molecule has 0 atom stereocenters. The smallest absolute Gasteiger partial charge is 0.311 e. The number of ether oxygens (including phenoxy) is 1. The number of hydrogen-bond acceptors (Lipinski definition) is 2. The van der Waals surface area contributed by atoms with Crippen LogP contribution >= 0.6 is 0 Å². The number of esters is 1. The molecule has 0 aliphatic rings. The summed E-state index contributed by atoms with van der Waals surface area (Å²) in [5.41, 5.74) is 2.03. The van der Waals surface area contributed by atoms with E-state index in [2.05, 4.69) is 6.92 Å². The van der Waals surface area contributed by atoms with Gasteiger partial charge >= 0.3 is 5.97 Å². The van der Waals surface area contributed by atoms with E-state index < -0.39 is 0 Å². The van der Waals surface area contributed by atoms with E-state index >= 15 is 0 Å². The molecule has 0 heterocycles. The lowest BCUT2D eigenvalue weighted by Gasteiger charge is -2.10. The first-order valence-electron chi connectivity index (χ1n) is 10.2. The van der Waals surface area contributed by atoms with E-state index in [9.17, 15) is 4.79 Å². The molecule has 0 fully saturated rings. The number of benzene rings is 2. The molecule has 2 heteroatoms. The molecule has 2 rings (SSSR count). The summed E-state index contributed by atoms with van der Waals surface area (Å²) < 4.78 is 5.63. The zero-order valence-corrected chi connectivity index (χ0v) is 16.1. The van der Waals surface area contributed by atoms with Gasteiger partial charge in [-0.1, -0.05) is 107 Å². The second kappa shape index (κ2) is 12.3. The number of para-hydroxylation sites is 1. The van der Waals surface area contributed by atoms with Gasteiger partial charge in [0.15, 0.2) is 0 Å². The molecule has 2 aromatic carbocycles. The Morgan fingerprint density at radius 2 is 1.31 bits per heavy atom. The normalized spacial score (nSPS) is 10.7. The van der Waals surface area contributed by atoms with E-state index in [-0.39, 0.29) is 5.97 Å². The van der Waals surface area contributed by atoms with Crippen LogP contribution in [0.4, 0.5) is 0 Å². The van der Waals surface area contributed by atoms with E-state index in [1.54, 1.807) is 0 Å². The lowest BCUT2D eigenvalue weighted by atomic mass is 10.0. The fraction of sp³-hybridized carbons (Fsp3) is 0.458. The Morgan fingerprint density at radius 3 is 2.00 bits per heavy atom. The van der Waals surface area contributed by atoms with Gasteiger partial charge in [-0.2, -0.15) is 0 Å². The molecule has 0 radical (unpaired) electrons. The van der Waals surface area contributed by atoms with Crippen molar-refractivity contribution >= 4 is 5.97 Å². The summed E-state index contributed by atoms with van der Waals surface area (Å²) in [5.74, 6) is 0.524. The fourth-order valence-corrected chi connectivity index (χ4v) is 3.17. The van der Waals surface area contributed by atoms with Gasteiger partial charge in [0.2, 0.25) is 0 Å². The third-order valence-corrected chi connectivity index (χ3v) is 4.68. The zero-order valence-electron chi connectivity index (χ0n) is 16.1. The Hall–Kier alpha value is -2.09.